The maximum atomic E-state index is 13.5. The monoisotopic (exact) mass is 256 g/mol. The summed E-state index contributed by atoms with van der Waals surface area (Å²) in [6.07, 6.45) is -0.118. The van der Waals surface area contributed by atoms with Crippen LogP contribution in [0.4, 0.5) is 14.5 Å². The fourth-order valence-corrected chi connectivity index (χ4v) is 1.86. The third-order valence-corrected chi connectivity index (χ3v) is 2.83. The smallest absolute Gasteiger partial charge is 0.227 e. The zero-order valence-electron chi connectivity index (χ0n) is 9.19. The predicted octanol–water partition coefficient (Wildman–Crippen LogP) is 0.509. The molecule has 1 saturated heterocycles. The zero-order valence-corrected chi connectivity index (χ0v) is 9.19. The summed E-state index contributed by atoms with van der Waals surface area (Å²) in [5, 5.41) is 9.17. The highest BCUT2D eigenvalue weighted by Gasteiger charge is 2.35. The number of benzene rings is 1. The van der Waals surface area contributed by atoms with Crippen molar-refractivity contribution in [1.29, 1.82) is 0 Å². The van der Waals surface area contributed by atoms with Gasteiger partial charge in [0.25, 0.3) is 0 Å². The van der Waals surface area contributed by atoms with Crippen molar-refractivity contribution in [3.05, 3.63) is 23.8 Å². The lowest BCUT2D eigenvalue weighted by Gasteiger charge is -2.17. The Balaban J connectivity index is 2.35. The Morgan fingerprint density at radius 3 is 2.61 bits per heavy atom. The number of nitrogens with zero attached hydrogens (tertiary/aromatic N) is 1. The number of phenolic OH excluding ortho intramolecular Hbond substituents is 1. The number of carbonyl (C=O) groups excluding carboxylic acids is 2. The SMILES string of the molecule is NC(=O)C1CC(=O)N(c2cc(O)c(F)cc2F)C1. The molecule has 1 heterocycles. The Morgan fingerprint density at radius 1 is 1.39 bits per heavy atom. The number of hydrogen-bond donors (Lipinski definition) is 2. The quantitative estimate of drug-likeness (QED) is 0.808. The number of phenols is 1. The molecule has 7 heteroatoms. The molecule has 1 aliphatic heterocycles. The number of rotatable bonds is 2. The van der Waals surface area contributed by atoms with Crippen LogP contribution in [0.3, 0.4) is 0 Å². The van der Waals surface area contributed by atoms with E-state index < -0.39 is 35.1 Å². The summed E-state index contributed by atoms with van der Waals surface area (Å²) in [6, 6.07) is 1.29. The Labute approximate surface area is 101 Å². The lowest BCUT2D eigenvalue weighted by molar-refractivity contribution is -0.123. The van der Waals surface area contributed by atoms with E-state index in [0.717, 1.165) is 11.0 Å². The standard InChI is InChI=1S/C11H10F2N2O3/c12-6-2-7(13)9(16)3-8(6)15-4-5(11(14)18)1-10(15)17/h2-3,5,16H,1,4H2,(H2,14,18). The van der Waals surface area contributed by atoms with Gasteiger partial charge in [-0.1, -0.05) is 0 Å². The van der Waals surface area contributed by atoms with Gasteiger partial charge in [-0.3, -0.25) is 9.59 Å². The lowest BCUT2D eigenvalue weighted by atomic mass is 10.1. The first-order valence-corrected chi connectivity index (χ1v) is 5.18. The van der Waals surface area contributed by atoms with E-state index >= 15 is 0 Å². The normalized spacial score (nSPS) is 19.3. The van der Waals surface area contributed by atoms with E-state index in [9.17, 15) is 23.5 Å². The highest BCUT2D eigenvalue weighted by Crippen LogP contribution is 2.31. The number of nitrogens with two attached hydrogens (primary N) is 1. The van der Waals surface area contributed by atoms with Gasteiger partial charge in [-0.15, -0.1) is 0 Å². The summed E-state index contributed by atoms with van der Waals surface area (Å²) in [7, 11) is 0. The molecular formula is C11H10F2N2O3. The van der Waals surface area contributed by atoms with Gasteiger partial charge in [0.05, 0.1) is 11.6 Å². The molecule has 0 bridgehead atoms. The minimum atomic E-state index is -1.12. The molecule has 0 aromatic heterocycles. The average Bonchev–Trinajstić information content (AvgIpc) is 2.66. The summed E-state index contributed by atoms with van der Waals surface area (Å²) in [5.41, 5.74) is 4.81. The van der Waals surface area contributed by atoms with Gasteiger partial charge in [0.2, 0.25) is 11.8 Å². The molecular weight excluding hydrogens is 246 g/mol. The molecule has 0 spiro atoms. The Bertz CT molecular complexity index is 533. The van der Waals surface area contributed by atoms with Crippen molar-refractivity contribution in [2.24, 2.45) is 11.7 Å². The second kappa shape index (κ2) is 4.25. The predicted molar refractivity (Wildman–Crippen MR) is 57.7 cm³/mol. The number of anilines is 1. The number of primary amides is 1. The van der Waals surface area contributed by atoms with Crippen LogP contribution in [0.15, 0.2) is 12.1 Å². The fourth-order valence-electron chi connectivity index (χ4n) is 1.86. The first-order valence-electron chi connectivity index (χ1n) is 5.18. The topological polar surface area (TPSA) is 83.6 Å². The molecule has 2 amide bonds. The van der Waals surface area contributed by atoms with Crippen LogP contribution in [0, 0.1) is 17.6 Å². The molecule has 96 valence electrons. The molecule has 0 radical (unpaired) electrons. The van der Waals surface area contributed by atoms with Crippen LogP contribution in [0.25, 0.3) is 0 Å². The van der Waals surface area contributed by atoms with Crippen molar-refractivity contribution < 1.29 is 23.5 Å². The van der Waals surface area contributed by atoms with Gasteiger partial charge in [0, 0.05) is 25.1 Å². The van der Waals surface area contributed by atoms with E-state index in [4.69, 9.17) is 5.73 Å². The molecule has 0 saturated carbocycles. The molecule has 5 nitrogen and oxygen atoms in total. The van der Waals surface area contributed by atoms with E-state index in [-0.39, 0.29) is 18.7 Å². The van der Waals surface area contributed by atoms with Crippen LogP contribution in [0.2, 0.25) is 0 Å². The molecule has 1 aromatic rings. The summed E-state index contributed by atoms with van der Waals surface area (Å²) in [4.78, 5) is 23.6. The first kappa shape index (κ1) is 12.3. The molecule has 2 rings (SSSR count). The number of hydrogen-bond acceptors (Lipinski definition) is 3. The van der Waals surface area contributed by atoms with E-state index in [1.54, 1.807) is 0 Å². The zero-order chi connectivity index (χ0) is 13.4. The molecule has 1 aromatic carbocycles. The van der Waals surface area contributed by atoms with E-state index in [2.05, 4.69) is 0 Å². The number of carbonyl (C=O) groups is 2. The van der Waals surface area contributed by atoms with Crippen molar-refractivity contribution >= 4 is 17.5 Å². The Kier molecular flexibility index (Phi) is 2.90. The Hall–Kier alpha value is -2.18. The highest BCUT2D eigenvalue weighted by molar-refractivity contribution is 6.00. The minimum absolute atomic E-state index is 0.0733. The first-order chi connectivity index (χ1) is 8.40. The second-order valence-corrected chi connectivity index (χ2v) is 4.06. The van der Waals surface area contributed by atoms with E-state index in [1.807, 2.05) is 0 Å². The van der Waals surface area contributed by atoms with Crippen LogP contribution in [0.1, 0.15) is 6.42 Å². The summed E-state index contributed by atoms with van der Waals surface area (Å²) in [5.74, 6) is -4.72. The average molecular weight is 256 g/mol. The summed E-state index contributed by atoms with van der Waals surface area (Å²) >= 11 is 0. The largest absolute Gasteiger partial charge is 0.505 e. The third-order valence-electron chi connectivity index (χ3n) is 2.83. The lowest BCUT2D eigenvalue weighted by Crippen LogP contribution is -2.29. The number of aromatic hydroxyl groups is 1. The fraction of sp³-hybridized carbons (Fsp3) is 0.273. The Morgan fingerprint density at radius 2 is 2.06 bits per heavy atom. The summed E-state index contributed by atoms with van der Waals surface area (Å²) < 4.78 is 26.4. The maximum Gasteiger partial charge on any atom is 0.227 e. The van der Waals surface area contributed by atoms with Crippen LogP contribution < -0.4 is 10.6 Å². The van der Waals surface area contributed by atoms with Gasteiger partial charge in [-0.05, 0) is 0 Å². The minimum Gasteiger partial charge on any atom is -0.505 e. The molecule has 3 N–H and O–H groups in total. The van der Waals surface area contributed by atoms with Gasteiger partial charge < -0.3 is 15.7 Å². The van der Waals surface area contributed by atoms with Crippen molar-refractivity contribution in [3.63, 3.8) is 0 Å². The number of halogens is 2. The van der Waals surface area contributed by atoms with Crippen LogP contribution in [0.5, 0.6) is 5.75 Å². The molecule has 0 aliphatic carbocycles. The second-order valence-electron chi connectivity index (χ2n) is 4.06. The van der Waals surface area contributed by atoms with Crippen molar-refractivity contribution in [2.75, 3.05) is 11.4 Å². The number of amides is 2. The van der Waals surface area contributed by atoms with Gasteiger partial charge >= 0.3 is 0 Å². The third kappa shape index (κ3) is 1.99. The molecule has 1 fully saturated rings. The highest BCUT2D eigenvalue weighted by atomic mass is 19.1. The molecule has 1 atom stereocenters. The molecule has 1 unspecified atom stereocenters. The van der Waals surface area contributed by atoms with E-state index in [1.165, 1.54) is 0 Å². The molecule has 1 aliphatic rings. The van der Waals surface area contributed by atoms with Crippen molar-refractivity contribution in [1.82, 2.24) is 0 Å². The van der Waals surface area contributed by atoms with Crippen LogP contribution >= 0.6 is 0 Å². The molecule has 18 heavy (non-hydrogen) atoms. The van der Waals surface area contributed by atoms with E-state index in [0.29, 0.717) is 6.07 Å². The van der Waals surface area contributed by atoms with Gasteiger partial charge in [0.1, 0.15) is 5.82 Å². The van der Waals surface area contributed by atoms with Gasteiger partial charge in [-0.2, -0.15) is 0 Å². The van der Waals surface area contributed by atoms with Crippen LogP contribution in [-0.4, -0.2) is 23.5 Å². The summed E-state index contributed by atoms with van der Waals surface area (Å²) in [6.45, 7) is -0.0733. The maximum absolute atomic E-state index is 13.5. The van der Waals surface area contributed by atoms with Gasteiger partial charge in [0.15, 0.2) is 11.6 Å². The van der Waals surface area contributed by atoms with Crippen molar-refractivity contribution in [3.8, 4) is 5.75 Å². The van der Waals surface area contributed by atoms with Crippen LogP contribution in [-0.2, 0) is 9.59 Å². The van der Waals surface area contributed by atoms with Crippen molar-refractivity contribution in [2.45, 2.75) is 6.42 Å². The van der Waals surface area contributed by atoms with Gasteiger partial charge in [-0.25, -0.2) is 8.78 Å².